The summed E-state index contributed by atoms with van der Waals surface area (Å²) in [6.45, 7) is 33.1. The number of ether oxygens (including phenoxy) is 1. The molecule has 25 nitrogen and oxygen atoms in total. The molecule has 0 radical (unpaired) electrons. The van der Waals surface area contributed by atoms with Gasteiger partial charge in [-0.25, -0.2) is 4.79 Å². The van der Waals surface area contributed by atoms with Crippen molar-refractivity contribution in [2.75, 3.05) is 55.4 Å². The molecule has 0 spiro atoms. The molecule has 10 amide bonds. The number of hydrogen-bond donors (Lipinski definition) is 7. The monoisotopic (exact) mass is 1280 g/mol. The summed E-state index contributed by atoms with van der Waals surface area (Å²) < 4.78 is 5.90. The van der Waals surface area contributed by atoms with E-state index in [-0.39, 0.29) is 67.7 Å². The van der Waals surface area contributed by atoms with Crippen molar-refractivity contribution >= 4 is 65.0 Å². The van der Waals surface area contributed by atoms with Gasteiger partial charge in [0.05, 0.1) is 18.8 Å². The first kappa shape index (κ1) is 82.1. The highest BCUT2D eigenvalue weighted by Gasteiger charge is 2.46. The van der Waals surface area contributed by atoms with Crippen molar-refractivity contribution in [3.63, 3.8) is 0 Å². The predicted octanol–water partition coefficient (Wildman–Crippen LogP) is 2.77. The number of nitrogens with zero attached hydrogens (tertiary/aromatic N) is 6. The minimum absolute atomic E-state index is 0.0757. The van der Waals surface area contributed by atoms with E-state index >= 15 is 9.59 Å². The summed E-state index contributed by atoms with van der Waals surface area (Å²) in [5.74, 6) is -11.5. The summed E-state index contributed by atoms with van der Waals surface area (Å²) in [7, 11) is 8.15. The fraction of sp³-hybridized carbons (Fsp3) is 0.831. The van der Waals surface area contributed by atoms with Gasteiger partial charge in [0.1, 0.15) is 54.4 Å². The van der Waals surface area contributed by atoms with E-state index in [1.54, 1.807) is 34.6 Å². The molecule has 0 aromatic heterocycles. The van der Waals surface area contributed by atoms with Crippen molar-refractivity contribution < 1.29 is 67.7 Å². The molecule has 13 atom stereocenters. The van der Waals surface area contributed by atoms with Crippen LogP contribution in [0.5, 0.6) is 0 Å². The van der Waals surface area contributed by atoms with Crippen molar-refractivity contribution in [3.05, 3.63) is 0 Å². The van der Waals surface area contributed by atoms with Crippen molar-refractivity contribution in [1.29, 1.82) is 0 Å². The zero-order valence-electron chi connectivity index (χ0n) is 59.3. The first-order chi connectivity index (χ1) is 41.4. The Labute approximate surface area is 538 Å². The Morgan fingerprint density at radius 2 is 0.867 bits per heavy atom. The summed E-state index contributed by atoms with van der Waals surface area (Å²) in [5.41, 5.74) is 0. The lowest BCUT2D eigenvalue weighted by Crippen LogP contribution is -2.64. The molecule has 0 aromatic carbocycles. The molecule has 90 heavy (non-hydrogen) atoms. The van der Waals surface area contributed by atoms with Gasteiger partial charge in [0.2, 0.25) is 53.2 Å². The van der Waals surface area contributed by atoms with Crippen LogP contribution in [0.3, 0.4) is 0 Å². The average molecular weight is 1280 g/mol. The van der Waals surface area contributed by atoms with Gasteiger partial charge in [-0.3, -0.25) is 47.9 Å². The molecule has 1 rings (SSSR count). The number of aliphatic hydroxyl groups excluding tert-OH is 2. The smallest absolute Gasteiger partial charge is 0.329 e. The Morgan fingerprint density at radius 1 is 0.467 bits per heavy atom. The number of carbonyl (C=O) groups excluding carboxylic acids is 11. The van der Waals surface area contributed by atoms with Gasteiger partial charge in [-0.2, -0.15) is 0 Å². The second-order valence-corrected chi connectivity index (χ2v) is 28.4. The van der Waals surface area contributed by atoms with E-state index in [2.05, 4.69) is 26.6 Å². The number of likely N-dealkylation sites (N-methyl/N-ethyl adjacent to an activating group) is 6. The normalized spacial score (nSPS) is 26.4. The summed E-state index contributed by atoms with van der Waals surface area (Å²) in [4.78, 5) is 168. The Bertz CT molecular complexity index is 2400. The van der Waals surface area contributed by atoms with Crippen LogP contribution in [-0.2, 0) is 57.5 Å². The van der Waals surface area contributed by atoms with Crippen LogP contribution in [-0.4, -0.2) is 239 Å². The molecule has 1 saturated heterocycles. The van der Waals surface area contributed by atoms with Crippen molar-refractivity contribution in [2.24, 2.45) is 47.3 Å². The average Bonchev–Trinajstić information content (AvgIpc) is 0.859. The number of nitrogens with one attached hydrogen (secondary N) is 5. The maximum Gasteiger partial charge on any atom is 0.329 e. The predicted molar refractivity (Wildman–Crippen MR) is 345 cm³/mol. The molecule has 1 aliphatic rings. The molecule has 1 heterocycles. The maximum absolute atomic E-state index is 15.2. The topological polar surface area (TPSA) is 317 Å². The third-order valence-corrected chi connectivity index (χ3v) is 16.5. The number of esters is 1. The fourth-order valence-corrected chi connectivity index (χ4v) is 11.1. The molecular weight excluding hydrogens is 1160 g/mol. The molecule has 1 fully saturated rings. The van der Waals surface area contributed by atoms with Crippen molar-refractivity contribution in [1.82, 2.24) is 56.0 Å². The minimum Gasteiger partial charge on any atom is -0.450 e. The van der Waals surface area contributed by atoms with Gasteiger partial charge in [-0.05, 0) is 106 Å². The molecule has 0 unspecified atom stereocenters. The van der Waals surface area contributed by atoms with Crippen LogP contribution in [0, 0.1) is 47.3 Å². The van der Waals surface area contributed by atoms with E-state index in [9.17, 15) is 53.4 Å². The van der Waals surface area contributed by atoms with Crippen LogP contribution in [0.1, 0.15) is 170 Å². The maximum atomic E-state index is 15.2. The van der Waals surface area contributed by atoms with E-state index in [0.717, 1.165) is 14.7 Å². The molecule has 0 aromatic rings. The van der Waals surface area contributed by atoms with Gasteiger partial charge in [0.25, 0.3) is 5.91 Å². The highest BCUT2D eigenvalue weighted by atomic mass is 16.6. The molecule has 1 aliphatic heterocycles. The summed E-state index contributed by atoms with van der Waals surface area (Å²) in [6.07, 6.45) is -3.82. The van der Waals surface area contributed by atoms with Gasteiger partial charge in [-0.1, -0.05) is 118 Å². The summed E-state index contributed by atoms with van der Waals surface area (Å²) in [5, 5.41) is 37.7. The van der Waals surface area contributed by atoms with Crippen LogP contribution in [0.4, 0.5) is 0 Å². The first-order valence-electron chi connectivity index (χ1n) is 32.5. The number of aliphatic hydroxyl groups is 2. The lowest BCUT2D eigenvalue weighted by Gasteiger charge is -2.40. The fourth-order valence-electron chi connectivity index (χ4n) is 11.1. The number of amides is 10. The van der Waals surface area contributed by atoms with Gasteiger partial charge in [-0.15, -0.1) is 0 Å². The summed E-state index contributed by atoms with van der Waals surface area (Å²) in [6, 6.07) is -12.2. The number of carbonyl (C=O) groups is 11. The van der Waals surface area contributed by atoms with E-state index in [1.165, 1.54) is 70.8 Å². The lowest BCUT2D eigenvalue weighted by molar-refractivity contribution is -0.166. The zero-order valence-corrected chi connectivity index (χ0v) is 59.3. The van der Waals surface area contributed by atoms with Crippen LogP contribution < -0.4 is 26.6 Å². The lowest BCUT2D eigenvalue weighted by atomic mass is 9.91. The first-order valence-corrected chi connectivity index (χ1v) is 32.5. The SMILES string of the molecule is CC(C)C[C@@H]1NC(=O)[C@H](CC(C)C)N(C)C(=O)CN(C)C(=O)[C@H]([C@@H](C)O)NC(=O)[C@H]([C@H](O)[C@H](C)CCNC(C)C)N(C)C(=O)[C@H](C(C)C)N(C)C(=O)[C@@H](CC(C)C)NC(=O)[C@H](CC(C)C)N(C)C(=O)[C@@H](C(C)C)OC(=O)[C@H](C)NC(=O)[C@H](CC(C)C)N(C)C1=O. The molecule has 25 heteroatoms. The summed E-state index contributed by atoms with van der Waals surface area (Å²) >= 11 is 0. The molecule has 0 aliphatic carbocycles. The van der Waals surface area contributed by atoms with Crippen LogP contribution in [0.2, 0.25) is 0 Å². The number of hydrogen-bond acceptors (Lipinski definition) is 15. The standard InChI is InChI=1S/C65H119N11O14/c1-34(2)28-45-60(84)73(22)48(31-37(7)8)56(80)67-43(18)65(89)90-55(40(13)14)64(88)74(23)49(32-38(9)10)58(82)69-46(29-35(3)4)61(85)75(24)52(39(11)12)63(87)76(25)53(54(79)42(17)26-27-66-41(15)16)59(83)70-51(44(19)77)62(86)71(20)33-50(78)72(21)47(30-36(5)6)57(81)68-45/h34-49,51-55,66,77,79H,26-33H2,1-25H3,(H,67,80)(H,68,81)(H,69,82)(H,70,83)/t42-,43+,44-,45+,46-,47+,48+,49+,51+,52+,53+,54-,55-/m1/s1. The minimum atomic E-state index is -1.75. The van der Waals surface area contributed by atoms with Gasteiger partial charge >= 0.3 is 5.97 Å². The molecule has 518 valence electrons. The molecular formula is C65H119N11O14. The third-order valence-electron chi connectivity index (χ3n) is 16.5. The highest BCUT2D eigenvalue weighted by Crippen LogP contribution is 2.25. The van der Waals surface area contributed by atoms with E-state index in [4.69, 9.17) is 4.74 Å². The largest absolute Gasteiger partial charge is 0.450 e. The Hall–Kier alpha value is -5.95. The zero-order chi connectivity index (χ0) is 69.8. The van der Waals surface area contributed by atoms with Crippen LogP contribution >= 0.6 is 0 Å². The number of cyclic esters (lactones) is 1. The quantitative estimate of drug-likeness (QED) is 0.0915. The third kappa shape index (κ3) is 24.6. The van der Waals surface area contributed by atoms with Gasteiger partial charge in [0, 0.05) is 48.3 Å². The second kappa shape index (κ2) is 37.5. The number of rotatable bonds is 19. The Kier molecular flexibility index (Phi) is 34.2. The van der Waals surface area contributed by atoms with Gasteiger partial charge in [0.15, 0.2) is 6.10 Å². The van der Waals surface area contributed by atoms with Crippen LogP contribution in [0.25, 0.3) is 0 Å². The van der Waals surface area contributed by atoms with Crippen LogP contribution in [0.15, 0.2) is 0 Å². The molecule has 7 N–H and O–H groups in total. The molecule has 0 saturated carbocycles. The highest BCUT2D eigenvalue weighted by molar-refractivity contribution is 5.99. The Balaban J connectivity index is 4.42. The van der Waals surface area contributed by atoms with E-state index in [0.29, 0.717) is 13.0 Å². The van der Waals surface area contributed by atoms with E-state index in [1.807, 2.05) is 83.1 Å². The van der Waals surface area contributed by atoms with Crippen molar-refractivity contribution in [3.8, 4) is 0 Å². The van der Waals surface area contributed by atoms with E-state index < -0.39 is 162 Å². The van der Waals surface area contributed by atoms with Crippen molar-refractivity contribution in [2.45, 2.75) is 249 Å². The second-order valence-electron chi connectivity index (χ2n) is 28.4. The molecule has 0 bridgehead atoms. The Morgan fingerprint density at radius 3 is 1.27 bits per heavy atom. The van der Waals surface area contributed by atoms with Gasteiger partial charge < -0.3 is 70.9 Å².